The molecular weight excluding hydrogens is 310 g/mol. The van der Waals surface area contributed by atoms with E-state index in [1.54, 1.807) is 0 Å². The third-order valence-corrected chi connectivity index (χ3v) is 4.69. The van der Waals surface area contributed by atoms with E-state index in [0.29, 0.717) is 5.69 Å². The minimum absolute atomic E-state index is 0.205. The molecule has 4 nitrogen and oxygen atoms in total. The molecule has 0 spiro atoms. The summed E-state index contributed by atoms with van der Waals surface area (Å²) in [4.78, 5) is 1.50. The highest BCUT2D eigenvalue weighted by Gasteiger charge is 2.27. The van der Waals surface area contributed by atoms with Gasteiger partial charge in [0, 0.05) is 11.0 Å². The van der Waals surface area contributed by atoms with Crippen LogP contribution in [0.5, 0.6) is 5.75 Å². The van der Waals surface area contributed by atoms with Crippen LogP contribution in [0, 0.1) is 0 Å². The van der Waals surface area contributed by atoms with Crippen LogP contribution in [0.15, 0.2) is 72.8 Å². The number of fused-ring (bicyclic) bond motifs is 1. The van der Waals surface area contributed by atoms with Crippen LogP contribution in [0.2, 0.25) is 0 Å². The van der Waals surface area contributed by atoms with Gasteiger partial charge in [0.15, 0.2) is 0 Å². The fourth-order valence-corrected chi connectivity index (χ4v) is 3.17. The number of nitrogens with zero attached hydrogens (tertiary/aromatic N) is 3. The first kappa shape index (κ1) is 15.4. The van der Waals surface area contributed by atoms with Crippen LogP contribution < -0.4 is 0 Å². The van der Waals surface area contributed by atoms with Crippen molar-refractivity contribution in [1.29, 1.82) is 0 Å². The number of rotatable bonds is 3. The summed E-state index contributed by atoms with van der Waals surface area (Å²) in [5.74, 6) is 0.205. The quantitative estimate of drug-likeness (QED) is 0.604. The number of hydrogen-bond acceptors (Lipinski definition) is 3. The van der Waals surface area contributed by atoms with Crippen LogP contribution in [0.1, 0.15) is 25.0 Å². The molecule has 0 unspecified atom stereocenters. The topological polar surface area (TPSA) is 50.9 Å². The van der Waals surface area contributed by atoms with Crippen molar-refractivity contribution in [2.45, 2.75) is 19.3 Å². The van der Waals surface area contributed by atoms with E-state index in [9.17, 15) is 5.11 Å². The van der Waals surface area contributed by atoms with Gasteiger partial charge in [0.1, 0.15) is 22.5 Å². The van der Waals surface area contributed by atoms with Crippen LogP contribution in [-0.4, -0.2) is 20.1 Å². The highest BCUT2D eigenvalue weighted by molar-refractivity contribution is 5.73. The van der Waals surface area contributed by atoms with Crippen molar-refractivity contribution >= 4 is 11.0 Å². The summed E-state index contributed by atoms with van der Waals surface area (Å²) in [6, 6.07) is 23.6. The fourth-order valence-electron chi connectivity index (χ4n) is 3.17. The van der Waals surface area contributed by atoms with Gasteiger partial charge in [0.2, 0.25) is 0 Å². The Kier molecular flexibility index (Phi) is 3.53. The zero-order valence-electron chi connectivity index (χ0n) is 14.2. The van der Waals surface area contributed by atoms with E-state index >= 15 is 0 Å². The molecule has 1 N–H and O–H groups in total. The van der Waals surface area contributed by atoms with Crippen molar-refractivity contribution in [3.05, 3.63) is 83.9 Å². The van der Waals surface area contributed by atoms with Crippen LogP contribution in [0.25, 0.3) is 16.7 Å². The van der Waals surface area contributed by atoms with Gasteiger partial charge in [-0.2, -0.15) is 0 Å². The van der Waals surface area contributed by atoms with Crippen molar-refractivity contribution in [3.8, 4) is 11.4 Å². The van der Waals surface area contributed by atoms with E-state index in [-0.39, 0.29) is 11.2 Å². The fraction of sp³-hybridized carbons (Fsp3) is 0.143. The highest BCUT2D eigenvalue weighted by Crippen LogP contribution is 2.39. The number of phenolic OH excluding ortho intramolecular Hbond substituents is 1. The van der Waals surface area contributed by atoms with E-state index < -0.39 is 0 Å². The Morgan fingerprint density at radius 1 is 0.760 bits per heavy atom. The lowest BCUT2D eigenvalue weighted by molar-refractivity contribution is 0.446. The summed E-state index contributed by atoms with van der Waals surface area (Å²) in [5.41, 5.74) is 3.83. The molecule has 1 aromatic heterocycles. The smallest absolute Gasteiger partial charge is 0.147 e. The van der Waals surface area contributed by atoms with Gasteiger partial charge >= 0.3 is 0 Å². The molecule has 0 saturated carbocycles. The van der Waals surface area contributed by atoms with Crippen LogP contribution >= 0.6 is 0 Å². The lowest BCUT2D eigenvalue weighted by atomic mass is 9.77. The Morgan fingerprint density at radius 3 is 2.00 bits per heavy atom. The molecule has 4 aromatic rings. The van der Waals surface area contributed by atoms with Crippen molar-refractivity contribution in [2.75, 3.05) is 0 Å². The second kappa shape index (κ2) is 5.74. The molecule has 0 amide bonds. The Hall–Kier alpha value is -3.14. The van der Waals surface area contributed by atoms with E-state index in [1.807, 2.05) is 60.7 Å². The Balaban J connectivity index is 1.86. The maximum absolute atomic E-state index is 11.0. The third-order valence-electron chi connectivity index (χ3n) is 4.69. The van der Waals surface area contributed by atoms with Crippen molar-refractivity contribution < 1.29 is 5.11 Å². The maximum atomic E-state index is 11.0. The van der Waals surface area contributed by atoms with Crippen molar-refractivity contribution in [3.63, 3.8) is 0 Å². The molecule has 0 fully saturated rings. The summed E-state index contributed by atoms with van der Waals surface area (Å²) in [6.07, 6.45) is 0. The molecule has 0 atom stereocenters. The molecule has 25 heavy (non-hydrogen) atoms. The molecule has 0 saturated heterocycles. The first-order valence-electron chi connectivity index (χ1n) is 8.28. The first-order valence-corrected chi connectivity index (χ1v) is 8.28. The number of hydrogen-bond donors (Lipinski definition) is 1. The number of aromatic hydroxyl groups is 1. The second-order valence-electron chi connectivity index (χ2n) is 6.64. The summed E-state index contributed by atoms with van der Waals surface area (Å²) in [6.45, 7) is 4.21. The van der Waals surface area contributed by atoms with Gasteiger partial charge in [0.25, 0.3) is 0 Å². The van der Waals surface area contributed by atoms with Gasteiger partial charge in [-0.25, -0.2) is 0 Å². The standard InChI is InChI=1S/C21H19N3O/c1-21(2,15-9-4-3-5-10-15)16-11-8-14-19(20(16)25)24-22-17-12-6-7-13-18(17)23-24/h3-14,25H,1-2H3. The molecule has 0 aliphatic rings. The molecule has 3 aromatic carbocycles. The minimum Gasteiger partial charge on any atom is -0.505 e. The lowest BCUT2D eigenvalue weighted by Crippen LogP contribution is -2.19. The van der Waals surface area contributed by atoms with Crippen LogP contribution in [-0.2, 0) is 5.41 Å². The molecule has 4 heteroatoms. The largest absolute Gasteiger partial charge is 0.505 e. The summed E-state index contributed by atoms with van der Waals surface area (Å²) in [5, 5.41) is 19.9. The third kappa shape index (κ3) is 2.56. The van der Waals surface area contributed by atoms with Gasteiger partial charge in [0.05, 0.1) is 0 Å². The highest BCUT2D eigenvalue weighted by atomic mass is 16.3. The maximum Gasteiger partial charge on any atom is 0.147 e. The zero-order valence-corrected chi connectivity index (χ0v) is 14.2. The minimum atomic E-state index is -0.339. The van der Waals surface area contributed by atoms with Crippen LogP contribution in [0.3, 0.4) is 0 Å². The lowest BCUT2D eigenvalue weighted by Gasteiger charge is -2.27. The molecule has 0 aliphatic carbocycles. The Labute approximate surface area is 146 Å². The monoisotopic (exact) mass is 329 g/mol. The van der Waals surface area contributed by atoms with Crippen molar-refractivity contribution in [2.24, 2.45) is 0 Å². The van der Waals surface area contributed by atoms with Gasteiger partial charge in [-0.15, -0.1) is 15.0 Å². The van der Waals surface area contributed by atoms with Gasteiger partial charge < -0.3 is 5.11 Å². The number of aromatic nitrogens is 3. The Morgan fingerprint density at radius 2 is 1.36 bits per heavy atom. The van der Waals surface area contributed by atoms with Crippen molar-refractivity contribution in [1.82, 2.24) is 15.0 Å². The zero-order chi connectivity index (χ0) is 17.4. The summed E-state index contributed by atoms with van der Waals surface area (Å²) < 4.78 is 0. The summed E-state index contributed by atoms with van der Waals surface area (Å²) >= 11 is 0. The predicted molar refractivity (Wildman–Crippen MR) is 99.1 cm³/mol. The van der Waals surface area contributed by atoms with E-state index in [2.05, 4.69) is 36.2 Å². The molecule has 0 bridgehead atoms. The van der Waals surface area contributed by atoms with E-state index in [1.165, 1.54) is 4.80 Å². The van der Waals surface area contributed by atoms with Gasteiger partial charge in [-0.1, -0.05) is 68.4 Å². The van der Waals surface area contributed by atoms with E-state index in [4.69, 9.17) is 0 Å². The average Bonchev–Trinajstić information content (AvgIpc) is 3.06. The van der Waals surface area contributed by atoms with E-state index in [0.717, 1.165) is 22.2 Å². The van der Waals surface area contributed by atoms with Gasteiger partial charge in [-0.3, -0.25) is 0 Å². The molecule has 1 heterocycles. The molecule has 4 rings (SSSR count). The Bertz CT molecular complexity index is 1000. The molecule has 0 aliphatic heterocycles. The number of phenols is 1. The van der Waals surface area contributed by atoms with Gasteiger partial charge in [-0.05, 0) is 23.8 Å². The second-order valence-corrected chi connectivity index (χ2v) is 6.64. The molecule has 0 radical (unpaired) electrons. The normalized spacial score (nSPS) is 11.8. The average molecular weight is 329 g/mol. The number of benzene rings is 3. The summed E-state index contributed by atoms with van der Waals surface area (Å²) in [7, 11) is 0. The molecular formula is C21H19N3O. The number of para-hydroxylation sites is 1. The first-order chi connectivity index (χ1) is 12.1. The SMILES string of the molecule is CC(C)(c1ccccc1)c1cccc(-n2nc3ccccc3n2)c1O. The predicted octanol–water partition coefficient (Wildman–Crippen LogP) is 4.45. The molecule has 124 valence electrons. The van der Waals surface area contributed by atoms with Crippen LogP contribution in [0.4, 0.5) is 0 Å².